The molecule has 6 heteroatoms. The third-order valence-corrected chi connectivity index (χ3v) is 4.08. The molecule has 3 rings (SSSR count). The predicted molar refractivity (Wildman–Crippen MR) is 76.6 cm³/mol. The number of rotatable bonds is 3. The van der Waals surface area contributed by atoms with Gasteiger partial charge in [0, 0.05) is 26.2 Å². The van der Waals surface area contributed by atoms with Crippen molar-refractivity contribution in [3.05, 3.63) is 30.3 Å². The van der Waals surface area contributed by atoms with Crippen LogP contribution in [0.3, 0.4) is 0 Å². The van der Waals surface area contributed by atoms with E-state index in [2.05, 4.69) is 0 Å². The van der Waals surface area contributed by atoms with Gasteiger partial charge in [0.1, 0.15) is 0 Å². The molecule has 2 saturated heterocycles. The van der Waals surface area contributed by atoms with E-state index in [9.17, 15) is 14.4 Å². The Morgan fingerprint density at radius 3 is 2.29 bits per heavy atom. The van der Waals surface area contributed by atoms with Crippen molar-refractivity contribution in [1.29, 1.82) is 0 Å². The van der Waals surface area contributed by atoms with E-state index in [1.165, 1.54) is 4.90 Å². The fraction of sp³-hybridized carbons (Fsp3) is 0.400. The Morgan fingerprint density at radius 2 is 1.67 bits per heavy atom. The summed E-state index contributed by atoms with van der Waals surface area (Å²) >= 11 is 0. The summed E-state index contributed by atoms with van der Waals surface area (Å²) in [6.07, 6.45) is 1.05. The summed E-state index contributed by atoms with van der Waals surface area (Å²) in [5.41, 5.74) is 0.626. The van der Waals surface area contributed by atoms with Gasteiger partial charge < -0.3 is 4.90 Å². The Morgan fingerprint density at radius 1 is 1.00 bits per heavy atom. The lowest BCUT2D eigenvalue weighted by molar-refractivity contribution is -0.124. The lowest BCUT2D eigenvalue weighted by Gasteiger charge is -2.35. The molecule has 21 heavy (non-hydrogen) atoms. The quantitative estimate of drug-likeness (QED) is 0.584. The van der Waals surface area contributed by atoms with Crippen molar-refractivity contribution >= 4 is 23.9 Å². The Kier molecular flexibility index (Phi) is 3.70. The molecule has 2 heterocycles. The van der Waals surface area contributed by atoms with Crippen LogP contribution in [0, 0.1) is 0 Å². The van der Waals surface area contributed by atoms with Crippen LogP contribution < -0.4 is 4.90 Å². The van der Waals surface area contributed by atoms with Crippen LogP contribution in [0.5, 0.6) is 0 Å². The zero-order valence-corrected chi connectivity index (χ0v) is 11.6. The minimum Gasteiger partial charge on any atom is -0.343 e. The van der Waals surface area contributed by atoms with Crippen molar-refractivity contribution in [2.24, 2.45) is 0 Å². The Labute approximate surface area is 122 Å². The van der Waals surface area contributed by atoms with Crippen LogP contribution >= 0.6 is 0 Å². The average Bonchev–Trinajstić information content (AvgIpc) is 2.83. The molecule has 6 nitrogen and oxygen atoms in total. The molecule has 0 N–H and O–H groups in total. The van der Waals surface area contributed by atoms with Crippen LogP contribution in [-0.2, 0) is 14.4 Å². The van der Waals surface area contributed by atoms with Crippen molar-refractivity contribution < 1.29 is 14.4 Å². The molecule has 0 bridgehead atoms. The van der Waals surface area contributed by atoms with Crippen molar-refractivity contribution in [1.82, 2.24) is 9.80 Å². The molecule has 0 aliphatic carbocycles. The van der Waals surface area contributed by atoms with Gasteiger partial charge in [0.15, 0.2) is 0 Å². The monoisotopic (exact) mass is 287 g/mol. The van der Waals surface area contributed by atoms with Crippen LogP contribution in [-0.4, -0.2) is 60.2 Å². The number of hydrogen-bond acceptors (Lipinski definition) is 4. The standard InChI is InChI=1S/C15H17N3O3/c19-11-16-6-8-17(9-7-16)13-10-14(20)18(15(13)21)12-4-2-1-3-5-12/h1-5,11,13H,6-10H2/t13-/m1/s1. The summed E-state index contributed by atoms with van der Waals surface area (Å²) in [5.74, 6) is -0.320. The molecular weight excluding hydrogens is 270 g/mol. The first kappa shape index (κ1) is 13.8. The van der Waals surface area contributed by atoms with E-state index in [0.717, 1.165) is 6.41 Å². The first-order valence-electron chi connectivity index (χ1n) is 7.06. The highest BCUT2D eigenvalue weighted by molar-refractivity contribution is 6.22. The topological polar surface area (TPSA) is 60.9 Å². The Bertz CT molecular complexity index is 553. The van der Waals surface area contributed by atoms with Crippen LogP contribution in [0.2, 0.25) is 0 Å². The zero-order valence-electron chi connectivity index (χ0n) is 11.6. The molecule has 3 amide bonds. The van der Waals surface area contributed by atoms with E-state index in [4.69, 9.17) is 0 Å². The Hall–Kier alpha value is -2.21. The zero-order chi connectivity index (χ0) is 14.8. The fourth-order valence-electron chi connectivity index (χ4n) is 2.90. The number of amides is 3. The van der Waals surface area contributed by atoms with Gasteiger partial charge >= 0.3 is 0 Å². The van der Waals surface area contributed by atoms with E-state index in [0.29, 0.717) is 31.9 Å². The number of imide groups is 1. The van der Waals surface area contributed by atoms with E-state index in [1.54, 1.807) is 17.0 Å². The van der Waals surface area contributed by atoms with Gasteiger partial charge in [0.25, 0.3) is 5.91 Å². The normalized spacial score (nSPS) is 23.7. The molecule has 0 radical (unpaired) electrons. The maximum Gasteiger partial charge on any atom is 0.251 e. The molecule has 1 aromatic carbocycles. The number of anilines is 1. The largest absolute Gasteiger partial charge is 0.343 e. The number of para-hydroxylation sites is 1. The van der Waals surface area contributed by atoms with Gasteiger partial charge in [0.2, 0.25) is 12.3 Å². The second-order valence-corrected chi connectivity index (χ2v) is 5.30. The summed E-state index contributed by atoms with van der Waals surface area (Å²) in [6, 6.07) is 8.61. The second kappa shape index (κ2) is 5.65. The number of carbonyl (C=O) groups excluding carboxylic acids is 3. The molecule has 0 spiro atoms. The molecule has 2 aliphatic rings. The highest BCUT2D eigenvalue weighted by atomic mass is 16.2. The molecule has 2 fully saturated rings. The van der Waals surface area contributed by atoms with Crippen LogP contribution in [0.25, 0.3) is 0 Å². The number of carbonyl (C=O) groups is 3. The van der Waals surface area contributed by atoms with Gasteiger partial charge in [0.05, 0.1) is 18.2 Å². The molecule has 2 aliphatic heterocycles. The van der Waals surface area contributed by atoms with Crippen LogP contribution in [0.15, 0.2) is 30.3 Å². The number of benzene rings is 1. The van der Waals surface area contributed by atoms with Gasteiger partial charge in [-0.15, -0.1) is 0 Å². The molecule has 0 saturated carbocycles. The van der Waals surface area contributed by atoms with Crippen molar-refractivity contribution in [3.63, 3.8) is 0 Å². The summed E-state index contributed by atoms with van der Waals surface area (Å²) in [4.78, 5) is 40.4. The van der Waals surface area contributed by atoms with Gasteiger partial charge in [-0.3, -0.25) is 19.3 Å². The highest BCUT2D eigenvalue weighted by Gasteiger charge is 2.43. The average molecular weight is 287 g/mol. The maximum absolute atomic E-state index is 12.5. The Balaban J connectivity index is 1.74. The maximum atomic E-state index is 12.5. The third kappa shape index (κ3) is 2.54. The fourth-order valence-corrected chi connectivity index (χ4v) is 2.90. The summed E-state index contributed by atoms with van der Waals surface area (Å²) in [5, 5.41) is 0. The molecular formula is C15H17N3O3. The van der Waals surface area contributed by atoms with Crippen LogP contribution in [0.1, 0.15) is 6.42 Å². The van der Waals surface area contributed by atoms with Crippen molar-refractivity contribution in [2.45, 2.75) is 12.5 Å². The minimum atomic E-state index is -0.397. The van der Waals surface area contributed by atoms with Crippen LogP contribution in [0.4, 0.5) is 5.69 Å². The van der Waals surface area contributed by atoms with E-state index in [-0.39, 0.29) is 18.2 Å². The molecule has 0 unspecified atom stereocenters. The molecule has 1 aromatic rings. The van der Waals surface area contributed by atoms with E-state index in [1.807, 2.05) is 23.1 Å². The molecule has 110 valence electrons. The summed E-state index contributed by atoms with van der Waals surface area (Å²) in [7, 11) is 0. The second-order valence-electron chi connectivity index (χ2n) is 5.30. The summed E-state index contributed by atoms with van der Waals surface area (Å²) < 4.78 is 0. The number of piperazine rings is 1. The molecule has 1 atom stereocenters. The number of hydrogen-bond donors (Lipinski definition) is 0. The smallest absolute Gasteiger partial charge is 0.251 e. The van der Waals surface area contributed by atoms with Gasteiger partial charge in [-0.05, 0) is 12.1 Å². The lowest BCUT2D eigenvalue weighted by atomic mass is 10.2. The minimum absolute atomic E-state index is 0.158. The summed E-state index contributed by atoms with van der Waals surface area (Å²) in [6.45, 7) is 2.47. The van der Waals surface area contributed by atoms with Crippen molar-refractivity contribution in [3.8, 4) is 0 Å². The predicted octanol–water partition coefficient (Wildman–Crippen LogP) is 0.0925. The number of nitrogens with zero attached hydrogens (tertiary/aromatic N) is 3. The van der Waals surface area contributed by atoms with E-state index < -0.39 is 6.04 Å². The van der Waals surface area contributed by atoms with Gasteiger partial charge in [-0.1, -0.05) is 18.2 Å². The van der Waals surface area contributed by atoms with Gasteiger partial charge in [-0.2, -0.15) is 0 Å². The first-order valence-corrected chi connectivity index (χ1v) is 7.06. The van der Waals surface area contributed by atoms with E-state index >= 15 is 0 Å². The molecule has 0 aromatic heterocycles. The lowest BCUT2D eigenvalue weighted by Crippen LogP contribution is -2.52. The van der Waals surface area contributed by atoms with Gasteiger partial charge in [-0.25, -0.2) is 4.90 Å². The highest BCUT2D eigenvalue weighted by Crippen LogP contribution is 2.25. The first-order chi connectivity index (χ1) is 10.2. The SMILES string of the molecule is O=CN1CCN([C@@H]2CC(=O)N(c3ccccc3)C2=O)CC1. The van der Waals surface area contributed by atoms with Crippen molar-refractivity contribution in [2.75, 3.05) is 31.1 Å². The third-order valence-electron chi connectivity index (χ3n) is 4.08.